The predicted molar refractivity (Wildman–Crippen MR) is 114 cm³/mol. The second-order valence-corrected chi connectivity index (χ2v) is 7.22. The van der Waals surface area contributed by atoms with Crippen molar-refractivity contribution in [1.82, 2.24) is 9.97 Å². The van der Waals surface area contributed by atoms with E-state index in [0.717, 1.165) is 30.3 Å². The Labute approximate surface area is 174 Å². The molecule has 3 aromatic rings. The van der Waals surface area contributed by atoms with E-state index in [1.807, 2.05) is 43.3 Å². The molecule has 30 heavy (non-hydrogen) atoms. The summed E-state index contributed by atoms with van der Waals surface area (Å²) >= 11 is 0. The maximum atomic E-state index is 13.4. The third-order valence-corrected chi connectivity index (χ3v) is 4.69. The van der Waals surface area contributed by atoms with Gasteiger partial charge in [0.15, 0.2) is 0 Å². The molecule has 0 aliphatic rings. The minimum absolute atomic E-state index is 0.0938. The molecule has 0 saturated carbocycles. The highest BCUT2D eigenvalue weighted by molar-refractivity contribution is 5.63. The van der Waals surface area contributed by atoms with Crippen LogP contribution in [0.1, 0.15) is 42.9 Å². The van der Waals surface area contributed by atoms with Gasteiger partial charge in [0, 0.05) is 17.6 Å². The second-order valence-electron chi connectivity index (χ2n) is 7.22. The summed E-state index contributed by atoms with van der Waals surface area (Å²) in [4.78, 5) is 7.94. The molecule has 2 aromatic carbocycles. The van der Waals surface area contributed by atoms with Gasteiger partial charge in [0.05, 0.1) is 0 Å². The van der Waals surface area contributed by atoms with Crippen molar-refractivity contribution in [3.63, 3.8) is 0 Å². The highest BCUT2D eigenvalue weighted by Crippen LogP contribution is 2.35. The molecule has 1 heterocycles. The van der Waals surface area contributed by atoms with E-state index in [4.69, 9.17) is 0 Å². The fourth-order valence-electron chi connectivity index (χ4n) is 2.98. The Morgan fingerprint density at radius 3 is 2.13 bits per heavy atom. The van der Waals surface area contributed by atoms with Gasteiger partial charge in [0.2, 0.25) is 5.95 Å². The van der Waals surface area contributed by atoms with Crippen LogP contribution < -0.4 is 10.6 Å². The van der Waals surface area contributed by atoms with Gasteiger partial charge < -0.3 is 10.6 Å². The van der Waals surface area contributed by atoms with Gasteiger partial charge in [-0.15, -0.1) is 0 Å². The summed E-state index contributed by atoms with van der Waals surface area (Å²) in [6.07, 6.45) is 0.742. The number of benzene rings is 2. The molecule has 0 saturated heterocycles. The van der Waals surface area contributed by atoms with Crippen molar-refractivity contribution in [2.24, 2.45) is 0 Å². The number of rotatable bonds is 8. The Morgan fingerprint density at radius 1 is 0.867 bits per heavy atom. The monoisotopic (exact) mass is 414 g/mol. The Kier molecular flexibility index (Phi) is 6.92. The van der Waals surface area contributed by atoms with E-state index < -0.39 is 11.7 Å². The molecule has 0 aliphatic carbocycles. The molecule has 158 valence electrons. The number of aryl methyl sites for hydroxylation is 2. The lowest BCUT2D eigenvalue weighted by atomic mass is 10.1. The topological polar surface area (TPSA) is 49.8 Å². The van der Waals surface area contributed by atoms with Crippen molar-refractivity contribution in [3.8, 4) is 0 Å². The number of nitrogens with zero attached hydrogens (tertiary/aromatic N) is 2. The Bertz CT molecular complexity index is 952. The van der Waals surface area contributed by atoms with E-state index in [1.165, 1.54) is 18.4 Å². The molecule has 0 atom stereocenters. The van der Waals surface area contributed by atoms with Gasteiger partial charge in [-0.2, -0.15) is 18.2 Å². The van der Waals surface area contributed by atoms with Crippen LogP contribution in [0.25, 0.3) is 0 Å². The van der Waals surface area contributed by atoms with E-state index >= 15 is 0 Å². The van der Waals surface area contributed by atoms with Crippen LogP contribution in [0.5, 0.6) is 0 Å². The Morgan fingerprint density at radius 2 is 1.50 bits per heavy atom. The number of anilines is 4. The normalized spacial score (nSPS) is 11.4. The minimum Gasteiger partial charge on any atom is -0.340 e. The van der Waals surface area contributed by atoms with Gasteiger partial charge in [0.1, 0.15) is 11.4 Å². The number of hydrogen-bond donors (Lipinski definition) is 2. The molecular weight excluding hydrogens is 389 g/mol. The molecule has 0 amide bonds. The van der Waals surface area contributed by atoms with Gasteiger partial charge in [-0.05, 0) is 49.6 Å². The summed E-state index contributed by atoms with van der Waals surface area (Å²) in [5, 5.41) is 5.74. The smallest absolute Gasteiger partial charge is 0.340 e. The zero-order valence-electron chi connectivity index (χ0n) is 17.1. The third-order valence-electron chi connectivity index (χ3n) is 4.69. The number of nitrogens with one attached hydrogen (secondary N) is 2. The fraction of sp³-hybridized carbons (Fsp3) is 0.304. The van der Waals surface area contributed by atoms with Gasteiger partial charge >= 0.3 is 6.18 Å². The largest absolute Gasteiger partial charge is 0.421 e. The average molecular weight is 414 g/mol. The molecule has 7 heteroatoms. The van der Waals surface area contributed by atoms with Crippen LogP contribution in [0, 0.1) is 6.92 Å². The molecule has 2 N–H and O–H groups in total. The van der Waals surface area contributed by atoms with E-state index in [-0.39, 0.29) is 11.8 Å². The van der Waals surface area contributed by atoms with Gasteiger partial charge in [0.25, 0.3) is 0 Å². The molecule has 0 radical (unpaired) electrons. The summed E-state index contributed by atoms with van der Waals surface area (Å²) in [5.41, 5.74) is 2.56. The summed E-state index contributed by atoms with van der Waals surface area (Å²) in [7, 11) is 0. The van der Waals surface area contributed by atoms with Crippen LogP contribution in [0.15, 0.2) is 54.7 Å². The summed E-state index contributed by atoms with van der Waals surface area (Å²) in [5.74, 6) is -0.198. The predicted octanol–water partition coefficient (Wildman–Crippen LogP) is 7.02. The van der Waals surface area contributed by atoms with Crippen LogP contribution in [-0.4, -0.2) is 9.97 Å². The molecule has 0 unspecified atom stereocenters. The summed E-state index contributed by atoms with van der Waals surface area (Å²) < 4.78 is 40.2. The number of hydrogen-bond acceptors (Lipinski definition) is 4. The van der Waals surface area contributed by atoms with Crippen LogP contribution in [-0.2, 0) is 12.6 Å². The standard InChI is InChI=1S/C23H25F3N4/c1-3-4-5-6-17-9-13-19(14-10-17)29-22-27-15-20(23(24,25)26)21(30-22)28-18-11-7-16(2)8-12-18/h7-15H,3-6H2,1-2H3,(H2,27,28,29,30). The molecule has 3 rings (SSSR count). The van der Waals surface area contributed by atoms with Crippen LogP contribution >= 0.6 is 0 Å². The van der Waals surface area contributed by atoms with Crippen molar-refractivity contribution in [3.05, 3.63) is 71.4 Å². The van der Waals surface area contributed by atoms with Crippen molar-refractivity contribution in [2.75, 3.05) is 10.6 Å². The van der Waals surface area contributed by atoms with E-state index in [1.54, 1.807) is 12.1 Å². The van der Waals surface area contributed by atoms with Crippen LogP contribution in [0.2, 0.25) is 0 Å². The number of alkyl halides is 3. The first-order valence-corrected chi connectivity index (χ1v) is 9.99. The quantitative estimate of drug-likeness (QED) is 0.389. The number of halogens is 3. The maximum Gasteiger partial charge on any atom is 0.421 e. The van der Waals surface area contributed by atoms with Gasteiger partial charge in [-0.1, -0.05) is 49.6 Å². The lowest BCUT2D eigenvalue weighted by Crippen LogP contribution is -2.12. The first kappa shape index (κ1) is 21.6. The maximum absolute atomic E-state index is 13.4. The van der Waals surface area contributed by atoms with Crippen LogP contribution in [0.3, 0.4) is 0 Å². The SMILES string of the molecule is CCCCCc1ccc(Nc2ncc(C(F)(F)F)c(Nc3ccc(C)cc3)n2)cc1. The highest BCUT2D eigenvalue weighted by Gasteiger charge is 2.35. The van der Waals surface area contributed by atoms with Gasteiger partial charge in [-0.3, -0.25) is 0 Å². The number of aromatic nitrogens is 2. The molecule has 4 nitrogen and oxygen atoms in total. The summed E-state index contributed by atoms with van der Waals surface area (Å²) in [6.45, 7) is 4.08. The van der Waals surface area contributed by atoms with Gasteiger partial charge in [-0.25, -0.2) is 4.98 Å². The molecular formula is C23H25F3N4. The highest BCUT2D eigenvalue weighted by atomic mass is 19.4. The van der Waals surface area contributed by atoms with Crippen molar-refractivity contribution < 1.29 is 13.2 Å². The average Bonchev–Trinajstić information content (AvgIpc) is 2.70. The molecule has 0 aliphatic heterocycles. The molecule has 0 bridgehead atoms. The molecule has 1 aromatic heterocycles. The van der Waals surface area contributed by atoms with E-state index in [0.29, 0.717) is 5.69 Å². The van der Waals surface area contributed by atoms with Crippen molar-refractivity contribution in [2.45, 2.75) is 45.7 Å². The molecule has 0 spiro atoms. The van der Waals surface area contributed by atoms with Crippen LogP contribution in [0.4, 0.5) is 36.3 Å². The van der Waals surface area contributed by atoms with E-state index in [9.17, 15) is 13.2 Å². The van der Waals surface area contributed by atoms with Crippen molar-refractivity contribution in [1.29, 1.82) is 0 Å². The first-order valence-electron chi connectivity index (χ1n) is 9.99. The first-order chi connectivity index (χ1) is 14.3. The molecule has 0 fully saturated rings. The van der Waals surface area contributed by atoms with E-state index in [2.05, 4.69) is 27.5 Å². The minimum atomic E-state index is -4.56. The Balaban J connectivity index is 1.79. The lowest BCUT2D eigenvalue weighted by molar-refractivity contribution is -0.137. The number of unbranched alkanes of at least 4 members (excludes halogenated alkanes) is 2. The second kappa shape index (κ2) is 9.61. The Hall–Kier alpha value is -3.09. The third kappa shape index (κ3) is 5.95. The lowest BCUT2D eigenvalue weighted by Gasteiger charge is -2.15. The fourth-order valence-corrected chi connectivity index (χ4v) is 2.98. The van der Waals surface area contributed by atoms with Crippen molar-refractivity contribution >= 4 is 23.1 Å². The summed E-state index contributed by atoms with van der Waals surface area (Å²) in [6, 6.07) is 14.8. The zero-order valence-corrected chi connectivity index (χ0v) is 17.1. The zero-order chi connectivity index (χ0) is 21.6.